The van der Waals surface area contributed by atoms with Crippen molar-refractivity contribution in [2.75, 3.05) is 30.0 Å². The third kappa shape index (κ3) is 8.21. The first-order valence-electron chi connectivity index (χ1n) is 6.75. The van der Waals surface area contributed by atoms with Crippen LogP contribution in [0.3, 0.4) is 0 Å². The predicted octanol–water partition coefficient (Wildman–Crippen LogP) is 1.46. The van der Waals surface area contributed by atoms with E-state index in [9.17, 15) is 13.2 Å². The lowest BCUT2D eigenvalue weighted by Gasteiger charge is -2.09. The summed E-state index contributed by atoms with van der Waals surface area (Å²) in [6, 6.07) is 6.68. The van der Waals surface area contributed by atoms with E-state index in [1.54, 1.807) is 38.1 Å². The molecule has 0 spiro atoms. The normalized spacial score (nSPS) is 10.9. The van der Waals surface area contributed by atoms with Crippen molar-refractivity contribution in [1.82, 2.24) is 0 Å². The quantitative estimate of drug-likeness (QED) is 0.739. The Balaban J connectivity index is 0.00000441. The van der Waals surface area contributed by atoms with Gasteiger partial charge < -0.3 is 15.8 Å². The zero-order valence-electron chi connectivity index (χ0n) is 12.7. The summed E-state index contributed by atoms with van der Waals surface area (Å²) in [5.41, 5.74) is 5.85. The number of amides is 1. The molecule has 1 rings (SSSR count). The van der Waals surface area contributed by atoms with Gasteiger partial charge in [0.1, 0.15) is 18.1 Å². The Bertz CT molecular complexity index is 559. The molecule has 0 bridgehead atoms. The van der Waals surface area contributed by atoms with E-state index in [-0.39, 0.29) is 24.1 Å². The molecule has 3 N–H and O–H groups in total. The SMILES string of the molecule is CC(C)CS(=O)(=O)CC(=O)Nc1ccc(OCCN)cc1.Cl. The molecule has 0 saturated carbocycles. The fourth-order valence-electron chi connectivity index (χ4n) is 1.77. The van der Waals surface area contributed by atoms with Gasteiger partial charge in [-0.25, -0.2) is 8.42 Å². The van der Waals surface area contributed by atoms with E-state index < -0.39 is 21.5 Å². The summed E-state index contributed by atoms with van der Waals surface area (Å²) in [5, 5.41) is 2.56. The summed E-state index contributed by atoms with van der Waals surface area (Å²) in [4.78, 5) is 11.7. The number of nitrogens with one attached hydrogen (secondary N) is 1. The van der Waals surface area contributed by atoms with Crippen LogP contribution in [0.15, 0.2) is 24.3 Å². The first-order valence-corrected chi connectivity index (χ1v) is 8.58. The lowest BCUT2D eigenvalue weighted by atomic mass is 10.3. The second-order valence-corrected chi connectivity index (χ2v) is 7.27. The Labute approximate surface area is 137 Å². The minimum atomic E-state index is -3.37. The number of benzene rings is 1. The Morgan fingerprint density at radius 3 is 2.36 bits per heavy atom. The molecule has 0 aliphatic rings. The Morgan fingerprint density at radius 2 is 1.86 bits per heavy atom. The minimum absolute atomic E-state index is 0. The van der Waals surface area contributed by atoms with E-state index in [1.165, 1.54) is 0 Å². The average Bonchev–Trinajstić information content (AvgIpc) is 2.35. The molecule has 0 unspecified atom stereocenters. The van der Waals surface area contributed by atoms with Gasteiger partial charge in [-0.15, -0.1) is 12.4 Å². The van der Waals surface area contributed by atoms with Gasteiger partial charge in [-0.3, -0.25) is 4.79 Å². The number of anilines is 1. The molecule has 126 valence electrons. The van der Waals surface area contributed by atoms with Crippen molar-refractivity contribution >= 4 is 33.8 Å². The van der Waals surface area contributed by atoms with E-state index in [4.69, 9.17) is 10.5 Å². The number of carbonyl (C=O) groups excluding carboxylic acids is 1. The van der Waals surface area contributed by atoms with Gasteiger partial charge in [0.25, 0.3) is 0 Å². The van der Waals surface area contributed by atoms with Crippen LogP contribution in [0.5, 0.6) is 5.75 Å². The van der Waals surface area contributed by atoms with Crippen LogP contribution in [-0.4, -0.2) is 39.0 Å². The largest absolute Gasteiger partial charge is 0.492 e. The number of carbonyl (C=O) groups is 1. The maximum atomic E-state index is 11.7. The summed E-state index contributed by atoms with van der Waals surface area (Å²) < 4.78 is 28.7. The van der Waals surface area contributed by atoms with Crippen molar-refractivity contribution in [2.24, 2.45) is 11.7 Å². The topological polar surface area (TPSA) is 98.5 Å². The molecule has 0 radical (unpaired) electrons. The number of nitrogens with two attached hydrogens (primary N) is 1. The van der Waals surface area contributed by atoms with Crippen molar-refractivity contribution in [3.05, 3.63) is 24.3 Å². The molecule has 0 saturated heterocycles. The van der Waals surface area contributed by atoms with Crippen molar-refractivity contribution in [1.29, 1.82) is 0 Å². The molecule has 1 amide bonds. The molecule has 8 heteroatoms. The molecular weight excluding hydrogens is 328 g/mol. The zero-order chi connectivity index (χ0) is 15.9. The van der Waals surface area contributed by atoms with Gasteiger partial charge in [0, 0.05) is 12.2 Å². The average molecular weight is 351 g/mol. The van der Waals surface area contributed by atoms with Crippen molar-refractivity contribution in [2.45, 2.75) is 13.8 Å². The maximum absolute atomic E-state index is 11.7. The van der Waals surface area contributed by atoms with Crippen LogP contribution >= 0.6 is 12.4 Å². The molecule has 22 heavy (non-hydrogen) atoms. The molecule has 6 nitrogen and oxygen atoms in total. The van der Waals surface area contributed by atoms with E-state index in [2.05, 4.69) is 5.32 Å². The standard InChI is InChI=1S/C14H22N2O4S.ClH/c1-11(2)9-21(18,19)10-14(17)16-12-3-5-13(6-4-12)20-8-7-15;/h3-6,11H,7-10,15H2,1-2H3,(H,16,17);1H. The molecule has 0 heterocycles. The predicted molar refractivity (Wildman–Crippen MR) is 90.4 cm³/mol. The fraction of sp³-hybridized carbons (Fsp3) is 0.500. The summed E-state index contributed by atoms with van der Waals surface area (Å²) in [6.07, 6.45) is 0. The Kier molecular flexibility index (Phi) is 9.08. The third-order valence-electron chi connectivity index (χ3n) is 2.46. The number of hydrogen-bond donors (Lipinski definition) is 2. The first kappa shape index (κ1) is 20.7. The van der Waals surface area contributed by atoms with E-state index in [1.807, 2.05) is 0 Å². The Morgan fingerprint density at radius 1 is 1.27 bits per heavy atom. The van der Waals surface area contributed by atoms with Crippen LogP contribution in [0, 0.1) is 5.92 Å². The van der Waals surface area contributed by atoms with E-state index in [0.717, 1.165) is 0 Å². The van der Waals surface area contributed by atoms with Crippen LogP contribution in [0.25, 0.3) is 0 Å². The van der Waals surface area contributed by atoms with Crippen LogP contribution in [-0.2, 0) is 14.6 Å². The zero-order valence-corrected chi connectivity index (χ0v) is 14.4. The summed E-state index contributed by atoms with van der Waals surface area (Å²) in [7, 11) is -3.37. The van der Waals surface area contributed by atoms with Gasteiger partial charge in [0.15, 0.2) is 9.84 Å². The van der Waals surface area contributed by atoms with Crippen molar-refractivity contribution in [3.8, 4) is 5.75 Å². The second-order valence-electron chi connectivity index (χ2n) is 5.16. The molecular formula is C14H23ClN2O4S. The van der Waals surface area contributed by atoms with Gasteiger partial charge >= 0.3 is 0 Å². The molecule has 0 aliphatic heterocycles. The maximum Gasteiger partial charge on any atom is 0.239 e. The van der Waals surface area contributed by atoms with E-state index in [0.29, 0.717) is 24.6 Å². The van der Waals surface area contributed by atoms with Crippen LogP contribution in [0.2, 0.25) is 0 Å². The number of ether oxygens (including phenoxy) is 1. The molecule has 0 aliphatic carbocycles. The molecule has 1 aromatic rings. The van der Waals surface area contributed by atoms with Crippen LogP contribution in [0.1, 0.15) is 13.8 Å². The summed E-state index contributed by atoms with van der Waals surface area (Å²) >= 11 is 0. The smallest absolute Gasteiger partial charge is 0.239 e. The number of halogens is 1. The van der Waals surface area contributed by atoms with Gasteiger partial charge in [-0.1, -0.05) is 13.8 Å². The highest BCUT2D eigenvalue weighted by Gasteiger charge is 2.18. The summed E-state index contributed by atoms with van der Waals surface area (Å²) in [6.45, 7) is 4.44. The van der Waals surface area contributed by atoms with Gasteiger partial charge in [-0.2, -0.15) is 0 Å². The lowest BCUT2D eigenvalue weighted by Crippen LogP contribution is -2.26. The van der Waals surface area contributed by atoms with E-state index >= 15 is 0 Å². The van der Waals surface area contributed by atoms with Crippen LogP contribution < -0.4 is 15.8 Å². The van der Waals surface area contributed by atoms with Crippen molar-refractivity contribution < 1.29 is 17.9 Å². The number of rotatable bonds is 8. The number of sulfone groups is 1. The highest BCUT2D eigenvalue weighted by Crippen LogP contribution is 2.15. The molecule has 0 fully saturated rings. The molecule has 1 aromatic carbocycles. The van der Waals surface area contributed by atoms with Gasteiger partial charge in [0.05, 0.1) is 5.75 Å². The minimum Gasteiger partial charge on any atom is -0.492 e. The second kappa shape index (κ2) is 9.66. The first-order chi connectivity index (χ1) is 9.82. The molecule has 0 atom stereocenters. The highest BCUT2D eigenvalue weighted by atomic mass is 35.5. The van der Waals surface area contributed by atoms with Crippen molar-refractivity contribution in [3.63, 3.8) is 0 Å². The monoisotopic (exact) mass is 350 g/mol. The van der Waals surface area contributed by atoms with Gasteiger partial charge in [0.2, 0.25) is 5.91 Å². The van der Waals surface area contributed by atoms with Crippen LogP contribution in [0.4, 0.5) is 5.69 Å². The summed E-state index contributed by atoms with van der Waals surface area (Å²) in [5.74, 6) is -0.387. The third-order valence-corrected chi connectivity index (χ3v) is 4.34. The van der Waals surface area contributed by atoms with Gasteiger partial charge in [-0.05, 0) is 30.2 Å². The number of hydrogen-bond acceptors (Lipinski definition) is 5. The lowest BCUT2D eigenvalue weighted by molar-refractivity contribution is -0.113. The highest BCUT2D eigenvalue weighted by molar-refractivity contribution is 7.92. The molecule has 0 aromatic heterocycles. The Hall–Kier alpha value is -1.31. The fourth-order valence-corrected chi connectivity index (χ4v) is 3.38.